The summed E-state index contributed by atoms with van der Waals surface area (Å²) in [6, 6.07) is 8.62. The molecule has 0 radical (unpaired) electrons. The molecular weight excluding hydrogens is 310 g/mol. The van der Waals surface area contributed by atoms with Gasteiger partial charge in [-0.2, -0.15) is 0 Å². The van der Waals surface area contributed by atoms with Gasteiger partial charge in [0, 0.05) is 23.6 Å². The Morgan fingerprint density at radius 3 is 2.56 bits per heavy atom. The van der Waals surface area contributed by atoms with E-state index >= 15 is 0 Å². The number of fused-ring (bicyclic) bond motifs is 1. The zero-order valence-electron chi connectivity index (χ0n) is 15.3. The Hall–Kier alpha value is -1.36. The summed E-state index contributed by atoms with van der Waals surface area (Å²) in [6.07, 6.45) is 6.73. The number of nitrogens with zero attached hydrogens (tertiary/aromatic N) is 2. The molecule has 4 heteroatoms. The third-order valence-electron chi connectivity index (χ3n) is 6.40. The highest BCUT2D eigenvalue weighted by Gasteiger charge is 2.28. The van der Waals surface area contributed by atoms with Crippen LogP contribution in [0.1, 0.15) is 37.2 Å². The van der Waals surface area contributed by atoms with Gasteiger partial charge in [-0.25, -0.2) is 0 Å². The van der Waals surface area contributed by atoms with Crippen molar-refractivity contribution in [3.05, 3.63) is 36.0 Å². The summed E-state index contributed by atoms with van der Waals surface area (Å²) >= 11 is 0. The van der Waals surface area contributed by atoms with Crippen LogP contribution in [0.4, 0.5) is 0 Å². The molecule has 136 valence electrons. The number of benzene rings is 1. The van der Waals surface area contributed by atoms with Crippen molar-refractivity contribution >= 4 is 10.9 Å². The number of H-pyrrole nitrogens is 1. The zero-order chi connectivity index (χ0) is 17.2. The van der Waals surface area contributed by atoms with Crippen molar-refractivity contribution in [2.75, 3.05) is 39.8 Å². The minimum atomic E-state index is -0.154. The predicted molar refractivity (Wildman–Crippen MR) is 103 cm³/mol. The van der Waals surface area contributed by atoms with E-state index in [1.807, 2.05) is 0 Å². The lowest BCUT2D eigenvalue weighted by atomic mass is 9.87. The fraction of sp³-hybridized carbons (Fsp3) is 0.619. The van der Waals surface area contributed by atoms with Crippen LogP contribution in [0.3, 0.4) is 0 Å². The summed E-state index contributed by atoms with van der Waals surface area (Å²) in [5.74, 6) is 1.13. The van der Waals surface area contributed by atoms with Crippen LogP contribution in [0.15, 0.2) is 30.5 Å². The van der Waals surface area contributed by atoms with E-state index < -0.39 is 0 Å². The first kappa shape index (κ1) is 17.1. The second-order valence-corrected chi connectivity index (χ2v) is 8.07. The summed E-state index contributed by atoms with van der Waals surface area (Å²) in [5, 5.41) is 12.0. The number of hydrogen-bond donors (Lipinski definition) is 2. The van der Waals surface area contributed by atoms with Gasteiger partial charge >= 0.3 is 0 Å². The Morgan fingerprint density at radius 1 is 1.08 bits per heavy atom. The monoisotopic (exact) mass is 341 g/mol. The molecule has 0 amide bonds. The van der Waals surface area contributed by atoms with Gasteiger partial charge in [0.15, 0.2) is 0 Å². The largest absolute Gasteiger partial charge is 0.392 e. The maximum absolute atomic E-state index is 10.6. The van der Waals surface area contributed by atoms with E-state index in [1.165, 1.54) is 29.3 Å². The number of piperidine rings is 2. The van der Waals surface area contributed by atoms with Crippen molar-refractivity contribution in [3.63, 3.8) is 0 Å². The Morgan fingerprint density at radius 2 is 1.80 bits per heavy atom. The molecule has 1 aromatic carbocycles. The average Bonchev–Trinajstić information content (AvgIpc) is 3.07. The molecule has 1 atom stereocenters. The summed E-state index contributed by atoms with van der Waals surface area (Å²) < 4.78 is 0. The molecule has 2 saturated heterocycles. The van der Waals surface area contributed by atoms with Gasteiger partial charge in [-0.3, -0.25) is 0 Å². The van der Waals surface area contributed by atoms with Gasteiger partial charge in [0.05, 0.1) is 6.10 Å². The molecule has 1 aromatic heterocycles. The molecule has 0 spiro atoms. The Labute approximate surface area is 150 Å². The molecular formula is C21H31N3O. The molecule has 2 fully saturated rings. The molecule has 25 heavy (non-hydrogen) atoms. The van der Waals surface area contributed by atoms with Gasteiger partial charge in [0.25, 0.3) is 0 Å². The lowest BCUT2D eigenvalue weighted by Gasteiger charge is -2.37. The fourth-order valence-electron chi connectivity index (χ4n) is 4.69. The van der Waals surface area contributed by atoms with E-state index in [0.717, 1.165) is 45.6 Å². The van der Waals surface area contributed by atoms with Crippen LogP contribution in [0, 0.1) is 5.92 Å². The van der Waals surface area contributed by atoms with Crippen molar-refractivity contribution < 1.29 is 5.11 Å². The van der Waals surface area contributed by atoms with Gasteiger partial charge in [0.2, 0.25) is 0 Å². The zero-order valence-corrected chi connectivity index (χ0v) is 15.3. The fourth-order valence-corrected chi connectivity index (χ4v) is 4.69. The molecule has 2 aliphatic rings. The molecule has 1 unspecified atom stereocenters. The van der Waals surface area contributed by atoms with Crippen molar-refractivity contribution in [2.45, 2.75) is 37.7 Å². The number of para-hydroxylation sites is 1. The number of hydrogen-bond acceptors (Lipinski definition) is 3. The lowest BCUT2D eigenvalue weighted by molar-refractivity contribution is 0.0295. The highest BCUT2D eigenvalue weighted by Crippen LogP contribution is 2.33. The first-order valence-corrected chi connectivity index (χ1v) is 9.85. The van der Waals surface area contributed by atoms with E-state index in [0.29, 0.717) is 11.8 Å². The van der Waals surface area contributed by atoms with Gasteiger partial charge in [-0.1, -0.05) is 18.2 Å². The highest BCUT2D eigenvalue weighted by molar-refractivity contribution is 5.83. The van der Waals surface area contributed by atoms with E-state index in [2.05, 4.69) is 52.3 Å². The molecule has 4 nitrogen and oxygen atoms in total. The standard InChI is InChI=1S/C21H31N3O/c1-23-10-6-17(7-11-23)21(25)15-24-12-8-16(9-13-24)19-14-22-20-5-3-2-4-18(19)20/h2-5,14,16-17,21-22,25H,6-13,15H2,1H3. The summed E-state index contributed by atoms with van der Waals surface area (Å²) in [6.45, 7) is 5.32. The minimum absolute atomic E-state index is 0.154. The van der Waals surface area contributed by atoms with Crippen molar-refractivity contribution in [1.82, 2.24) is 14.8 Å². The Bertz CT molecular complexity index is 681. The van der Waals surface area contributed by atoms with Gasteiger partial charge in [0.1, 0.15) is 0 Å². The van der Waals surface area contributed by atoms with E-state index in [9.17, 15) is 5.11 Å². The van der Waals surface area contributed by atoms with E-state index in [4.69, 9.17) is 0 Å². The van der Waals surface area contributed by atoms with Crippen LogP contribution in [-0.4, -0.2) is 65.8 Å². The average molecular weight is 341 g/mol. The molecule has 4 rings (SSSR count). The number of likely N-dealkylation sites (tertiary alicyclic amines) is 2. The van der Waals surface area contributed by atoms with Crippen LogP contribution in [0.2, 0.25) is 0 Å². The Balaban J connectivity index is 1.31. The summed E-state index contributed by atoms with van der Waals surface area (Å²) in [4.78, 5) is 8.27. The number of β-amino-alcohol motifs (C(OH)–C–C–N with tert-alkyl or cyclic N) is 1. The molecule has 0 aliphatic carbocycles. The maximum Gasteiger partial charge on any atom is 0.0696 e. The first-order valence-electron chi connectivity index (χ1n) is 9.85. The van der Waals surface area contributed by atoms with Crippen LogP contribution in [0.25, 0.3) is 10.9 Å². The third-order valence-corrected chi connectivity index (χ3v) is 6.40. The minimum Gasteiger partial charge on any atom is -0.392 e. The number of aliphatic hydroxyl groups is 1. The topological polar surface area (TPSA) is 42.5 Å². The normalized spacial score (nSPS) is 23.3. The molecule has 3 heterocycles. The number of nitrogens with one attached hydrogen (secondary N) is 1. The van der Waals surface area contributed by atoms with Gasteiger partial charge in [-0.15, -0.1) is 0 Å². The molecule has 2 aromatic rings. The third kappa shape index (κ3) is 3.76. The quantitative estimate of drug-likeness (QED) is 0.898. The van der Waals surface area contributed by atoms with Crippen molar-refractivity contribution in [3.8, 4) is 0 Å². The number of rotatable bonds is 4. The van der Waals surface area contributed by atoms with Crippen molar-refractivity contribution in [1.29, 1.82) is 0 Å². The summed E-state index contributed by atoms with van der Waals surface area (Å²) in [7, 11) is 2.18. The molecule has 2 N–H and O–H groups in total. The van der Waals surface area contributed by atoms with E-state index in [1.54, 1.807) is 0 Å². The van der Waals surface area contributed by atoms with Crippen molar-refractivity contribution in [2.24, 2.45) is 5.92 Å². The SMILES string of the molecule is CN1CCC(C(O)CN2CCC(c3c[nH]c4ccccc34)CC2)CC1. The second-order valence-electron chi connectivity index (χ2n) is 8.07. The second kappa shape index (κ2) is 7.48. The maximum atomic E-state index is 10.6. The van der Waals surface area contributed by atoms with Gasteiger partial charge in [-0.05, 0) is 82.4 Å². The highest BCUT2D eigenvalue weighted by atomic mass is 16.3. The smallest absolute Gasteiger partial charge is 0.0696 e. The Kier molecular flexibility index (Phi) is 5.11. The van der Waals surface area contributed by atoms with Gasteiger partial charge < -0.3 is 19.9 Å². The van der Waals surface area contributed by atoms with Crippen LogP contribution in [-0.2, 0) is 0 Å². The number of aromatic nitrogens is 1. The molecule has 0 saturated carbocycles. The van der Waals surface area contributed by atoms with Crippen LogP contribution >= 0.6 is 0 Å². The number of aliphatic hydroxyl groups excluding tert-OH is 1. The predicted octanol–water partition coefficient (Wildman–Crippen LogP) is 3.05. The lowest BCUT2D eigenvalue weighted by Crippen LogP contribution is -2.43. The van der Waals surface area contributed by atoms with Crippen LogP contribution in [0.5, 0.6) is 0 Å². The van der Waals surface area contributed by atoms with Crippen LogP contribution < -0.4 is 0 Å². The molecule has 2 aliphatic heterocycles. The molecule has 0 bridgehead atoms. The number of aromatic amines is 1. The summed E-state index contributed by atoms with van der Waals surface area (Å²) in [5.41, 5.74) is 2.73. The first-order chi connectivity index (χ1) is 12.2. The van der Waals surface area contributed by atoms with E-state index in [-0.39, 0.29) is 6.10 Å².